The first-order valence-corrected chi connectivity index (χ1v) is 8.21. The Labute approximate surface area is 124 Å². The van der Waals surface area contributed by atoms with Crippen molar-refractivity contribution < 1.29 is 5.11 Å². The van der Waals surface area contributed by atoms with Crippen LogP contribution in [0.25, 0.3) is 0 Å². The molecule has 0 aliphatic carbocycles. The van der Waals surface area contributed by atoms with Crippen molar-refractivity contribution in [3.8, 4) is 0 Å². The molecular weight excluding hydrogens is 302 g/mol. The van der Waals surface area contributed by atoms with Gasteiger partial charge in [0, 0.05) is 11.0 Å². The third-order valence-corrected chi connectivity index (χ3v) is 4.39. The summed E-state index contributed by atoms with van der Waals surface area (Å²) in [6, 6.07) is 7.99. The van der Waals surface area contributed by atoms with Crippen LogP contribution in [0.15, 0.2) is 28.7 Å². The lowest BCUT2D eigenvalue weighted by Gasteiger charge is -2.25. The zero-order valence-electron chi connectivity index (χ0n) is 11.5. The number of likely N-dealkylation sites (tertiary alicyclic amines) is 1. The largest absolute Gasteiger partial charge is 0.388 e. The fraction of sp³-hybridized carbons (Fsp3) is 0.625. The number of hydrogen-bond donors (Lipinski definition) is 1. The van der Waals surface area contributed by atoms with Crippen molar-refractivity contribution in [1.82, 2.24) is 4.90 Å². The van der Waals surface area contributed by atoms with E-state index in [1.807, 2.05) is 24.3 Å². The predicted molar refractivity (Wildman–Crippen MR) is 83.2 cm³/mol. The molecule has 1 aromatic rings. The Balaban J connectivity index is 1.80. The molecular formula is C16H24BrNO. The first-order valence-electron chi connectivity index (χ1n) is 7.41. The second-order valence-electron chi connectivity index (χ2n) is 5.47. The van der Waals surface area contributed by atoms with E-state index in [0.29, 0.717) is 0 Å². The minimum absolute atomic E-state index is 0.344. The van der Waals surface area contributed by atoms with Crippen molar-refractivity contribution in [3.05, 3.63) is 34.3 Å². The van der Waals surface area contributed by atoms with Crippen LogP contribution in [-0.2, 0) is 0 Å². The van der Waals surface area contributed by atoms with E-state index in [9.17, 15) is 5.11 Å². The first kappa shape index (κ1) is 15.0. The van der Waals surface area contributed by atoms with Gasteiger partial charge in [-0.25, -0.2) is 0 Å². The summed E-state index contributed by atoms with van der Waals surface area (Å²) in [5.41, 5.74) is 1.02. The highest BCUT2D eigenvalue weighted by molar-refractivity contribution is 9.10. The fourth-order valence-corrected chi connectivity index (χ4v) is 3.14. The molecule has 1 fully saturated rings. The van der Waals surface area contributed by atoms with Gasteiger partial charge in [-0.3, -0.25) is 0 Å². The summed E-state index contributed by atoms with van der Waals surface area (Å²) in [5.74, 6) is 0. The molecule has 3 heteroatoms. The van der Waals surface area contributed by atoms with Gasteiger partial charge in [0.15, 0.2) is 0 Å². The Morgan fingerprint density at radius 2 is 1.79 bits per heavy atom. The summed E-state index contributed by atoms with van der Waals surface area (Å²) in [6.07, 6.45) is 7.24. The van der Waals surface area contributed by atoms with Gasteiger partial charge in [0.1, 0.15) is 0 Å². The quantitative estimate of drug-likeness (QED) is 0.899. The maximum Gasteiger partial charge on any atom is 0.0802 e. The zero-order chi connectivity index (χ0) is 13.5. The summed E-state index contributed by atoms with van der Waals surface area (Å²) in [6.45, 7) is 3.41. The smallest absolute Gasteiger partial charge is 0.0802 e. The Morgan fingerprint density at radius 1 is 1.11 bits per heavy atom. The highest BCUT2D eigenvalue weighted by Crippen LogP contribution is 2.21. The Kier molecular flexibility index (Phi) is 6.35. The van der Waals surface area contributed by atoms with Crippen molar-refractivity contribution in [3.63, 3.8) is 0 Å². The number of aliphatic hydroxyl groups is 1. The van der Waals surface area contributed by atoms with Crippen molar-refractivity contribution in [1.29, 1.82) is 0 Å². The maximum atomic E-state index is 10.3. The van der Waals surface area contributed by atoms with Crippen LogP contribution in [-0.4, -0.2) is 29.6 Å². The fourth-order valence-electron chi connectivity index (χ4n) is 2.72. The van der Waals surface area contributed by atoms with E-state index in [-0.39, 0.29) is 6.10 Å². The average molecular weight is 326 g/mol. The molecule has 19 heavy (non-hydrogen) atoms. The molecule has 1 aromatic carbocycles. The number of benzene rings is 1. The summed E-state index contributed by atoms with van der Waals surface area (Å²) >= 11 is 3.46. The Hall–Kier alpha value is -0.380. The van der Waals surface area contributed by atoms with Crippen LogP contribution in [0, 0.1) is 0 Å². The van der Waals surface area contributed by atoms with Gasteiger partial charge in [0.2, 0.25) is 0 Å². The number of rotatable bonds is 4. The van der Waals surface area contributed by atoms with Crippen molar-refractivity contribution >= 4 is 15.9 Å². The molecule has 1 unspecified atom stereocenters. The molecule has 1 heterocycles. The van der Waals surface area contributed by atoms with Gasteiger partial charge in [-0.2, -0.15) is 0 Å². The van der Waals surface area contributed by atoms with Crippen molar-refractivity contribution in [2.75, 3.05) is 19.6 Å². The van der Waals surface area contributed by atoms with E-state index in [2.05, 4.69) is 20.8 Å². The topological polar surface area (TPSA) is 23.5 Å². The number of nitrogens with zero attached hydrogens (tertiary/aromatic N) is 1. The zero-order valence-corrected chi connectivity index (χ0v) is 13.1. The van der Waals surface area contributed by atoms with Gasteiger partial charge in [-0.05, 0) is 50.0 Å². The molecule has 0 spiro atoms. The number of aliphatic hydroxyl groups excluding tert-OH is 1. The average Bonchev–Trinajstić information content (AvgIpc) is 2.37. The SMILES string of the molecule is OC(CCN1CCCCCCC1)c1cccc(Br)c1. The van der Waals surface area contributed by atoms with E-state index in [1.54, 1.807) is 0 Å². The Morgan fingerprint density at radius 3 is 2.47 bits per heavy atom. The third-order valence-electron chi connectivity index (χ3n) is 3.90. The van der Waals surface area contributed by atoms with E-state index in [4.69, 9.17) is 0 Å². The van der Waals surface area contributed by atoms with E-state index >= 15 is 0 Å². The lowest BCUT2D eigenvalue weighted by atomic mass is 10.1. The molecule has 0 radical (unpaired) electrons. The van der Waals surface area contributed by atoms with Gasteiger partial charge in [-0.1, -0.05) is 47.3 Å². The lowest BCUT2D eigenvalue weighted by molar-refractivity contribution is 0.138. The van der Waals surface area contributed by atoms with E-state index < -0.39 is 0 Å². The molecule has 1 N–H and O–H groups in total. The maximum absolute atomic E-state index is 10.3. The third kappa shape index (κ3) is 5.25. The monoisotopic (exact) mass is 325 g/mol. The normalized spacial score (nSPS) is 19.7. The Bertz CT molecular complexity index is 375. The summed E-state index contributed by atoms with van der Waals surface area (Å²) in [5, 5.41) is 10.3. The van der Waals surface area contributed by atoms with Gasteiger partial charge >= 0.3 is 0 Å². The van der Waals surface area contributed by atoms with Crippen LogP contribution >= 0.6 is 15.9 Å². The second-order valence-corrected chi connectivity index (χ2v) is 6.38. The summed E-state index contributed by atoms with van der Waals surface area (Å²) in [4.78, 5) is 2.51. The predicted octanol–water partition coefficient (Wildman–Crippen LogP) is 4.14. The van der Waals surface area contributed by atoms with E-state index in [0.717, 1.165) is 23.0 Å². The van der Waals surface area contributed by atoms with Crippen LogP contribution in [0.3, 0.4) is 0 Å². The molecule has 0 bridgehead atoms. The molecule has 0 amide bonds. The van der Waals surface area contributed by atoms with Crippen molar-refractivity contribution in [2.24, 2.45) is 0 Å². The number of hydrogen-bond acceptors (Lipinski definition) is 2. The molecule has 1 aliphatic rings. The van der Waals surface area contributed by atoms with Gasteiger partial charge in [-0.15, -0.1) is 0 Å². The standard InChI is InChI=1S/C16H24BrNO/c17-15-8-6-7-14(13-15)16(19)9-12-18-10-4-2-1-3-5-11-18/h6-8,13,16,19H,1-5,9-12H2. The van der Waals surface area contributed by atoms with Crippen LogP contribution in [0.5, 0.6) is 0 Å². The van der Waals surface area contributed by atoms with Gasteiger partial charge in [0.05, 0.1) is 6.10 Å². The number of halogens is 1. The van der Waals surface area contributed by atoms with Crippen LogP contribution in [0.1, 0.15) is 50.2 Å². The van der Waals surface area contributed by atoms with Gasteiger partial charge < -0.3 is 10.0 Å². The summed E-state index contributed by atoms with van der Waals surface area (Å²) < 4.78 is 1.04. The highest BCUT2D eigenvalue weighted by Gasteiger charge is 2.12. The van der Waals surface area contributed by atoms with Crippen LogP contribution in [0.2, 0.25) is 0 Å². The molecule has 106 valence electrons. The highest BCUT2D eigenvalue weighted by atomic mass is 79.9. The molecule has 2 rings (SSSR count). The minimum Gasteiger partial charge on any atom is -0.388 e. The lowest BCUT2D eigenvalue weighted by Crippen LogP contribution is -2.29. The molecule has 0 saturated carbocycles. The van der Waals surface area contributed by atoms with Crippen molar-refractivity contribution in [2.45, 2.75) is 44.6 Å². The summed E-state index contributed by atoms with van der Waals surface area (Å²) in [7, 11) is 0. The van der Waals surface area contributed by atoms with Crippen LogP contribution < -0.4 is 0 Å². The molecule has 2 nitrogen and oxygen atoms in total. The van der Waals surface area contributed by atoms with Crippen LogP contribution in [0.4, 0.5) is 0 Å². The van der Waals surface area contributed by atoms with Gasteiger partial charge in [0.25, 0.3) is 0 Å². The second kappa shape index (κ2) is 8.03. The first-order chi connectivity index (χ1) is 9.25. The molecule has 1 saturated heterocycles. The molecule has 0 aromatic heterocycles. The van der Waals surface area contributed by atoms with E-state index in [1.165, 1.54) is 45.2 Å². The molecule has 1 aliphatic heterocycles. The molecule has 1 atom stereocenters. The minimum atomic E-state index is -0.344.